The summed E-state index contributed by atoms with van der Waals surface area (Å²) in [5.74, 6) is 0. The smallest absolute Gasteiger partial charge is 0.136 e. The Morgan fingerprint density at radius 3 is 1.60 bits per heavy atom. The van der Waals surface area contributed by atoms with Crippen molar-refractivity contribution < 1.29 is 4.42 Å². The molecule has 0 spiro atoms. The molecule has 0 radical (unpaired) electrons. The number of hydrogen-bond donors (Lipinski definition) is 0. The second-order valence-electron chi connectivity index (χ2n) is 14.5. The number of para-hydroxylation sites is 4. The lowest BCUT2D eigenvalue weighted by molar-refractivity contribution is 0.669. The van der Waals surface area contributed by atoms with E-state index in [1.807, 2.05) is 6.07 Å². The van der Waals surface area contributed by atoms with E-state index >= 15 is 0 Å². The lowest BCUT2D eigenvalue weighted by atomic mass is 9.94. The Kier molecular flexibility index (Phi) is 6.34. The van der Waals surface area contributed by atoms with Crippen LogP contribution in [0.4, 0.5) is 0 Å². The summed E-state index contributed by atoms with van der Waals surface area (Å²) in [6.45, 7) is 0. The van der Waals surface area contributed by atoms with E-state index in [9.17, 15) is 0 Å². The second-order valence-corrected chi connectivity index (χ2v) is 14.5. The molecule has 3 heterocycles. The van der Waals surface area contributed by atoms with Crippen molar-refractivity contribution in [2.24, 2.45) is 0 Å². The highest BCUT2D eigenvalue weighted by Gasteiger charge is 2.19. The number of fused-ring (bicyclic) bond motifs is 10. The number of benzene rings is 9. The minimum absolute atomic E-state index is 0.908. The highest BCUT2D eigenvalue weighted by Crippen LogP contribution is 2.43. The van der Waals surface area contributed by atoms with Crippen LogP contribution in [0, 0.1) is 0 Å². The summed E-state index contributed by atoms with van der Waals surface area (Å²) in [5, 5.41) is 9.70. The average molecular weight is 701 g/mol. The van der Waals surface area contributed by atoms with Gasteiger partial charge in [-0.1, -0.05) is 127 Å². The van der Waals surface area contributed by atoms with E-state index in [0.29, 0.717) is 0 Å². The lowest BCUT2D eigenvalue weighted by Gasteiger charge is -2.15. The van der Waals surface area contributed by atoms with Gasteiger partial charge < -0.3 is 13.6 Å². The van der Waals surface area contributed by atoms with Crippen molar-refractivity contribution >= 4 is 76.3 Å². The zero-order valence-corrected chi connectivity index (χ0v) is 29.8. The molecular weight excluding hydrogens is 669 g/mol. The predicted octanol–water partition coefficient (Wildman–Crippen LogP) is 14.3. The maximum absolute atomic E-state index is 6.30. The van der Waals surface area contributed by atoms with Crippen molar-refractivity contribution in [3.05, 3.63) is 194 Å². The molecule has 12 rings (SSSR count). The molecular formula is C52H32N2O. The molecule has 0 saturated carbocycles. The van der Waals surface area contributed by atoms with Crippen molar-refractivity contribution in [3.8, 4) is 33.6 Å². The molecule has 0 aliphatic carbocycles. The van der Waals surface area contributed by atoms with Crippen LogP contribution in [0.25, 0.3) is 110 Å². The maximum atomic E-state index is 6.30. The fourth-order valence-electron chi connectivity index (χ4n) is 9.14. The van der Waals surface area contributed by atoms with Gasteiger partial charge in [-0.2, -0.15) is 0 Å². The quantitative estimate of drug-likeness (QED) is 0.179. The Bertz CT molecular complexity index is 3490. The highest BCUT2D eigenvalue weighted by atomic mass is 16.3. The van der Waals surface area contributed by atoms with Gasteiger partial charge in [-0.3, -0.25) is 0 Å². The number of aromatic nitrogens is 2. The molecule has 0 fully saturated rings. The molecule has 0 N–H and O–H groups in total. The van der Waals surface area contributed by atoms with Crippen LogP contribution in [-0.4, -0.2) is 9.13 Å². The molecule has 55 heavy (non-hydrogen) atoms. The summed E-state index contributed by atoms with van der Waals surface area (Å²) in [6, 6.07) is 70.3. The third-order valence-corrected chi connectivity index (χ3v) is 11.5. The van der Waals surface area contributed by atoms with Crippen LogP contribution in [0.5, 0.6) is 0 Å². The lowest BCUT2D eigenvalue weighted by Crippen LogP contribution is -1.96. The maximum Gasteiger partial charge on any atom is 0.136 e. The van der Waals surface area contributed by atoms with Gasteiger partial charge in [-0.05, 0) is 94.4 Å². The van der Waals surface area contributed by atoms with Gasteiger partial charge in [0.1, 0.15) is 11.2 Å². The molecule has 3 heteroatoms. The van der Waals surface area contributed by atoms with Gasteiger partial charge in [-0.25, -0.2) is 0 Å². The van der Waals surface area contributed by atoms with Crippen LogP contribution in [0.2, 0.25) is 0 Å². The molecule has 0 bridgehead atoms. The van der Waals surface area contributed by atoms with E-state index < -0.39 is 0 Å². The van der Waals surface area contributed by atoms with Gasteiger partial charge in [0.2, 0.25) is 0 Å². The van der Waals surface area contributed by atoms with Crippen LogP contribution in [0.15, 0.2) is 199 Å². The van der Waals surface area contributed by atoms with Crippen molar-refractivity contribution in [1.29, 1.82) is 0 Å². The van der Waals surface area contributed by atoms with Gasteiger partial charge >= 0.3 is 0 Å². The number of nitrogens with zero attached hydrogens (tertiary/aromatic N) is 2. The van der Waals surface area contributed by atoms with Crippen LogP contribution in [0.3, 0.4) is 0 Å². The molecule has 0 amide bonds. The Morgan fingerprint density at radius 2 is 0.836 bits per heavy atom. The summed E-state index contributed by atoms with van der Waals surface area (Å²) in [4.78, 5) is 0. The van der Waals surface area contributed by atoms with Crippen molar-refractivity contribution in [1.82, 2.24) is 9.13 Å². The summed E-state index contributed by atoms with van der Waals surface area (Å²) in [5.41, 5.74) is 13.7. The van der Waals surface area contributed by atoms with E-state index in [0.717, 1.165) is 27.6 Å². The van der Waals surface area contributed by atoms with Gasteiger partial charge in [0, 0.05) is 43.4 Å². The standard InChI is InChI=1S/C52H32N2O/c1-2-13-35(14-3-1)53-45-22-7-4-15-39(45)43-31-33(27-29-48(43)53)34-28-30-49-44(32-34)40-16-5-8-23-46(40)54(49)47-24-11-19-36-37(18-10-20-38(36)47)41-21-12-26-51-52(41)42-17-6-9-25-50(42)55-51/h1-32H. The average Bonchev–Trinajstić information content (AvgIpc) is 3.91. The molecule has 0 saturated heterocycles. The highest BCUT2D eigenvalue weighted by molar-refractivity contribution is 6.17. The first-order chi connectivity index (χ1) is 27.3. The molecule has 0 atom stereocenters. The van der Waals surface area contributed by atoms with Crippen LogP contribution in [0.1, 0.15) is 0 Å². The van der Waals surface area contributed by atoms with Crippen molar-refractivity contribution in [2.45, 2.75) is 0 Å². The largest absolute Gasteiger partial charge is 0.456 e. The fraction of sp³-hybridized carbons (Fsp3) is 0. The Balaban J connectivity index is 1.05. The monoisotopic (exact) mass is 700 g/mol. The first kappa shape index (κ1) is 30.1. The van der Waals surface area contributed by atoms with Crippen LogP contribution in [-0.2, 0) is 0 Å². The van der Waals surface area contributed by atoms with Crippen LogP contribution >= 0.6 is 0 Å². The zero-order valence-electron chi connectivity index (χ0n) is 29.8. The molecule has 12 aromatic rings. The van der Waals surface area contributed by atoms with Crippen molar-refractivity contribution in [2.75, 3.05) is 0 Å². The number of furan rings is 1. The summed E-state index contributed by atoms with van der Waals surface area (Å²) < 4.78 is 11.1. The van der Waals surface area contributed by atoms with Gasteiger partial charge in [0.25, 0.3) is 0 Å². The van der Waals surface area contributed by atoms with Gasteiger partial charge in [0.15, 0.2) is 0 Å². The second kappa shape index (κ2) is 11.6. The van der Waals surface area contributed by atoms with E-state index in [4.69, 9.17) is 4.42 Å². The molecule has 256 valence electrons. The number of rotatable bonds is 4. The van der Waals surface area contributed by atoms with Crippen molar-refractivity contribution in [3.63, 3.8) is 0 Å². The Morgan fingerprint density at radius 1 is 0.309 bits per heavy atom. The number of hydrogen-bond acceptors (Lipinski definition) is 1. The van der Waals surface area contributed by atoms with E-state index in [2.05, 4.69) is 197 Å². The summed E-state index contributed by atoms with van der Waals surface area (Å²) in [7, 11) is 0. The molecule has 0 unspecified atom stereocenters. The first-order valence-electron chi connectivity index (χ1n) is 18.9. The van der Waals surface area contributed by atoms with E-state index in [1.54, 1.807) is 0 Å². The van der Waals surface area contributed by atoms with E-state index in [1.165, 1.54) is 82.3 Å². The third-order valence-electron chi connectivity index (χ3n) is 11.5. The minimum atomic E-state index is 0.908. The summed E-state index contributed by atoms with van der Waals surface area (Å²) in [6.07, 6.45) is 0. The minimum Gasteiger partial charge on any atom is -0.456 e. The molecule has 0 aliphatic heterocycles. The normalized spacial score (nSPS) is 12.0. The topological polar surface area (TPSA) is 23.0 Å². The van der Waals surface area contributed by atoms with E-state index in [-0.39, 0.29) is 0 Å². The van der Waals surface area contributed by atoms with Crippen LogP contribution < -0.4 is 0 Å². The first-order valence-corrected chi connectivity index (χ1v) is 18.9. The van der Waals surface area contributed by atoms with Gasteiger partial charge in [-0.15, -0.1) is 0 Å². The summed E-state index contributed by atoms with van der Waals surface area (Å²) >= 11 is 0. The fourth-order valence-corrected chi connectivity index (χ4v) is 9.14. The molecule has 3 aromatic heterocycles. The molecule has 9 aromatic carbocycles. The zero-order chi connectivity index (χ0) is 36.0. The SMILES string of the molecule is c1ccc(-n2c3ccccc3c3cc(-c4ccc5c(c4)c4ccccc4n5-c4cccc5c(-c6cccc7oc8ccccc8c67)cccc45)ccc32)cc1. The Labute approximate surface area is 316 Å². The third kappa shape index (κ3) is 4.38. The molecule has 0 aliphatic rings. The Hall–Kier alpha value is -7.36. The molecule has 3 nitrogen and oxygen atoms in total. The predicted molar refractivity (Wildman–Crippen MR) is 231 cm³/mol. The van der Waals surface area contributed by atoms with Gasteiger partial charge in [0.05, 0.1) is 27.8 Å².